The zero-order valence-corrected chi connectivity index (χ0v) is 13.8. The average molecular weight is 296 g/mol. The van der Waals surface area contributed by atoms with Crippen LogP contribution >= 0.6 is 0 Å². The van der Waals surface area contributed by atoms with E-state index in [0.29, 0.717) is 0 Å². The SMILES string of the molecule is CC(C)C1CCCC(N2CCCN(CC(=O)O)CC2)CC1. The number of carboxylic acids is 1. The second-order valence-corrected chi connectivity index (χ2v) is 7.23. The van der Waals surface area contributed by atoms with Gasteiger partial charge in [0.15, 0.2) is 0 Å². The summed E-state index contributed by atoms with van der Waals surface area (Å²) in [6.45, 7) is 8.97. The van der Waals surface area contributed by atoms with Gasteiger partial charge in [-0.2, -0.15) is 0 Å². The van der Waals surface area contributed by atoms with Crippen LogP contribution in [-0.4, -0.2) is 59.6 Å². The Hall–Kier alpha value is -0.610. The number of aliphatic carboxylic acids is 1. The molecule has 2 atom stereocenters. The summed E-state index contributed by atoms with van der Waals surface area (Å²) < 4.78 is 0. The molecule has 0 amide bonds. The molecule has 2 unspecified atom stereocenters. The Balaban J connectivity index is 1.83. The van der Waals surface area contributed by atoms with Gasteiger partial charge in [-0.3, -0.25) is 14.6 Å². The average Bonchev–Trinajstić information content (AvgIpc) is 2.78. The lowest BCUT2D eigenvalue weighted by molar-refractivity contribution is -0.138. The highest BCUT2D eigenvalue weighted by Crippen LogP contribution is 2.31. The lowest BCUT2D eigenvalue weighted by Crippen LogP contribution is -2.39. The highest BCUT2D eigenvalue weighted by Gasteiger charge is 2.26. The van der Waals surface area contributed by atoms with Gasteiger partial charge >= 0.3 is 5.97 Å². The van der Waals surface area contributed by atoms with E-state index in [-0.39, 0.29) is 6.54 Å². The van der Waals surface area contributed by atoms with E-state index < -0.39 is 5.97 Å². The molecular formula is C17H32N2O2. The van der Waals surface area contributed by atoms with E-state index in [1.54, 1.807) is 0 Å². The predicted octanol–water partition coefficient (Wildman–Crippen LogP) is 2.68. The van der Waals surface area contributed by atoms with Gasteiger partial charge < -0.3 is 5.11 Å². The molecule has 1 saturated heterocycles. The van der Waals surface area contributed by atoms with E-state index in [1.165, 1.54) is 32.1 Å². The van der Waals surface area contributed by atoms with Crippen LogP contribution in [-0.2, 0) is 4.79 Å². The number of nitrogens with zero attached hydrogens (tertiary/aromatic N) is 2. The Morgan fingerprint density at radius 2 is 1.86 bits per heavy atom. The quantitative estimate of drug-likeness (QED) is 0.810. The molecule has 2 fully saturated rings. The summed E-state index contributed by atoms with van der Waals surface area (Å²) in [7, 11) is 0. The maximum Gasteiger partial charge on any atom is 0.317 e. The first-order valence-corrected chi connectivity index (χ1v) is 8.74. The van der Waals surface area contributed by atoms with E-state index in [1.807, 2.05) is 0 Å². The smallest absolute Gasteiger partial charge is 0.317 e. The predicted molar refractivity (Wildman–Crippen MR) is 85.5 cm³/mol. The summed E-state index contributed by atoms with van der Waals surface area (Å²) in [5.41, 5.74) is 0. The number of carbonyl (C=O) groups is 1. The minimum absolute atomic E-state index is 0.202. The van der Waals surface area contributed by atoms with Crippen LogP contribution < -0.4 is 0 Å². The Kier molecular flexibility index (Phi) is 6.49. The molecule has 21 heavy (non-hydrogen) atoms. The van der Waals surface area contributed by atoms with Crippen molar-refractivity contribution in [2.24, 2.45) is 11.8 Å². The van der Waals surface area contributed by atoms with E-state index in [2.05, 4.69) is 23.6 Å². The van der Waals surface area contributed by atoms with Crippen molar-refractivity contribution in [1.82, 2.24) is 9.80 Å². The molecule has 0 aromatic heterocycles. The Labute approximate surface area is 129 Å². The van der Waals surface area contributed by atoms with Gasteiger partial charge in [0.05, 0.1) is 6.54 Å². The van der Waals surface area contributed by atoms with Crippen LogP contribution in [0.4, 0.5) is 0 Å². The molecular weight excluding hydrogens is 264 g/mol. The van der Waals surface area contributed by atoms with Crippen LogP contribution in [0.2, 0.25) is 0 Å². The van der Waals surface area contributed by atoms with Crippen LogP contribution in [0, 0.1) is 11.8 Å². The Morgan fingerprint density at radius 1 is 1.05 bits per heavy atom. The van der Waals surface area contributed by atoms with E-state index in [4.69, 9.17) is 5.11 Å². The number of carboxylic acid groups (broad SMARTS) is 1. The molecule has 0 aromatic carbocycles. The van der Waals surface area contributed by atoms with Crippen molar-refractivity contribution in [3.8, 4) is 0 Å². The van der Waals surface area contributed by atoms with Crippen LogP contribution in [0.1, 0.15) is 52.4 Å². The standard InChI is InChI=1S/C17H32N2O2/c1-14(2)15-5-3-6-16(8-7-15)19-10-4-9-18(11-12-19)13-17(20)21/h14-16H,3-13H2,1-2H3,(H,20,21). The van der Waals surface area contributed by atoms with Crippen LogP contribution in [0.15, 0.2) is 0 Å². The van der Waals surface area contributed by atoms with Crippen molar-refractivity contribution in [3.63, 3.8) is 0 Å². The highest BCUT2D eigenvalue weighted by molar-refractivity contribution is 5.69. The molecule has 2 rings (SSSR count). The van der Waals surface area contributed by atoms with Gasteiger partial charge in [-0.1, -0.05) is 26.7 Å². The lowest BCUT2D eigenvalue weighted by atomic mass is 9.89. The second kappa shape index (κ2) is 8.14. The summed E-state index contributed by atoms with van der Waals surface area (Å²) in [5.74, 6) is 1.03. The zero-order valence-electron chi connectivity index (χ0n) is 13.8. The molecule has 4 nitrogen and oxygen atoms in total. The number of hydrogen-bond donors (Lipinski definition) is 1. The molecule has 2 aliphatic rings. The first-order valence-electron chi connectivity index (χ1n) is 8.74. The molecule has 1 heterocycles. The van der Waals surface area contributed by atoms with E-state index in [9.17, 15) is 4.79 Å². The molecule has 1 aliphatic heterocycles. The van der Waals surface area contributed by atoms with Crippen molar-refractivity contribution in [3.05, 3.63) is 0 Å². The maximum atomic E-state index is 10.9. The molecule has 4 heteroatoms. The van der Waals surface area contributed by atoms with Gasteiger partial charge in [0.2, 0.25) is 0 Å². The van der Waals surface area contributed by atoms with Gasteiger partial charge in [0.1, 0.15) is 0 Å². The molecule has 1 N–H and O–H groups in total. The molecule has 0 spiro atoms. The molecule has 0 aromatic rings. The van der Waals surface area contributed by atoms with Gasteiger partial charge in [-0.05, 0) is 44.1 Å². The molecule has 122 valence electrons. The van der Waals surface area contributed by atoms with E-state index >= 15 is 0 Å². The number of rotatable bonds is 4. The van der Waals surface area contributed by atoms with E-state index in [0.717, 1.165) is 50.5 Å². The van der Waals surface area contributed by atoms with Gasteiger partial charge in [-0.25, -0.2) is 0 Å². The normalized spacial score (nSPS) is 30.0. The minimum atomic E-state index is -0.697. The summed E-state index contributed by atoms with van der Waals surface area (Å²) in [6, 6.07) is 0.735. The third-order valence-electron chi connectivity index (χ3n) is 5.42. The summed E-state index contributed by atoms with van der Waals surface area (Å²) in [4.78, 5) is 15.6. The van der Waals surface area contributed by atoms with Gasteiger partial charge in [0, 0.05) is 25.7 Å². The van der Waals surface area contributed by atoms with Crippen LogP contribution in [0.3, 0.4) is 0 Å². The largest absolute Gasteiger partial charge is 0.480 e. The van der Waals surface area contributed by atoms with Crippen molar-refractivity contribution >= 4 is 5.97 Å². The summed E-state index contributed by atoms with van der Waals surface area (Å²) >= 11 is 0. The lowest BCUT2D eigenvalue weighted by Gasteiger charge is -2.30. The fourth-order valence-corrected chi connectivity index (χ4v) is 4.05. The number of hydrogen-bond acceptors (Lipinski definition) is 3. The fraction of sp³-hybridized carbons (Fsp3) is 0.941. The summed E-state index contributed by atoms with van der Waals surface area (Å²) in [5, 5.41) is 8.94. The zero-order chi connectivity index (χ0) is 15.2. The Bertz CT molecular complexity index is 333. The highest BCUT2D eigenvalue weighted by atomic mass is 16.4. The minimum Gasteiger partial charge on any atom is -0.480 e. The summed E-state index contributed by atoms with van der Waals surface area (Å²) in [6.07, 6.45) is 7.91. The first kappa shape index (κ1) is 16.8. The maximum absolute atomic E-state index is 10.9. The van der Waals surface area contributed by atoms with Crippen molar-refractivity contribution < 1.29 is 9.90 Å². The molecule has 1 saturated carbocycles. The van der Waals surface area contributed by atoms with Crippen molar-refractivity contribution in [2.75, 3.05) is 32.7 Å². The van der Waals surface area contributed by atoms with Crippen LogP contribution in [0.5, 0.6) is 0 Å². The fourth-order valence-electron chi connectivity index (χ4n) is 4.05. The second-order valence-electron chi connectivity index (χ2n) is 7.23. The topological polar surface area (TPSA) is 43.8 Å². The molecule has 0 bridgehead atoms. The molecule has 1 aliphatic carbocycles. The van der Waals surface area contributed by atoms with Crippen molar-refractivity contribution in [2.45, 2.75) is 58.4 Å². The monoisotopic (exact) mass is 296 g/mol. The third-order valence-corrected chi connectivity index (χ3v) is 5.42. The van der Waals surface area contributed by atoms with Crippen LogP contribution in [0.25, 0.3) is 0 Å². The third kappa shape index (κ3) is 5.26. The Morgan fingerprint density at radius 3 is 2.57 bits per heavy atom. The first-order chi connectivity index (χ1) is 10.1. The van der Waals surface area contributed by atoms with Crippen molar-refractivity contribution in [1.29, 1.82) is 0 Å². The molecule has 0 radical (unpaired) electrons. The van der Waals surface area contributed by atoms with Gasteiger partial charge in [-0.15, -0.1) is 0 Å². The van der Waals surface area contributed by atoms with Gasteiger partial charge in [0.25, 0.3) is 0 Å².